The molecule has 0 bridgehead atoms. The van der Waals surface area contributed by atoms with Gasteiger partial charge in [-0.3, -0.25) is 4.90 Å². The minimum Gasteiger partial charge on any atom is -0.384 e. The van der Waals surface area contributed by atoms with E-state index in [2.05, 4.69) is 99.6 Å². The van der Waals surface area contributed by atoms with E-state index in [9.17, 15) is 5.11 Å². The quantitative estimate of drug-likeness (QED) is 0.699. The van der Waals surface area contributed by atoms with Crippen LogP contribution >= 0.6 is 0 Å². The molecule has 0 radical (unpaired) electrons. The van der Waals surface area contributed by atoms with Crippen LogP contribution in [0.2, 0.25) is 0 Å². The number of aromatic nitrogens is 1. The highest BCUT2D eigenvalue weighted by Gasteiger charge is 2.73. The SMILES string of the molecule is CCC(C)(C)c1ccc([C@]2(O)C(C)(C)[C@@H](N3CCN(c4ccccn4)CC3)C2(C)C)cc1. The third kappa shape index (κ3) is 3.30. The van der Waals surface area contributed by atoms with Crippen LogP contribution in [-0.2, 0) is 11.0 Å². The zero-order valence-electron chi connectivity index (χ0n) is 21.0. The highest BCUT2D eigenvalue weighted by atomic mass is 16.3. The van der Waals surface area contributed by atoms with E-state index in [4.69, 9.17) is 0 Å². The molecule has 0 spiro atoms. The molecule has 174 valence electrons. The molecule has 2 aliphatic rings. The average Bonchev–Trinajstić information content (AvgIpc) is 2.79. The first-order chi connectivity index (χ1) is 15.0. The maximum Gasteiger partial charge on any atom is 0.128 e. The summed E-state index contributed by atoms with van der Waals surface area (Å²) in [5, 5.41) is 12.2. The normalized spacial score (nSPS) is 27.8. The molecular weight excluding hydrogens is 394 g/mol. The smallest absolute Gasteiger partial charge is 0.128 e. The summed E-state index contributed by atoms with van der Waals surface area (Å²) >= 11 is 0. The highest BCUT2D eigenvalue weighted by Crippen LogP contribution is 2.68. The van der Waals surface area contributed by atoms with Crippen LogP contribution in [0.25, 0.3) is 0 Å². The van der Waals surface area contributed by atoms with Crippen LogP contribution in [0, 0.1) is 10.8 Å². The lowest BCUT2D eigenvalue weighted by Crippen LogP contribution is -2.79. The van der Waals surface area contributed by atoms with Crippen molar-refractivity contribution in [1.29, 1.82) is 0 Å². The Hall–Kier alpha value is -1.91. The number of piperazine rings is 1. The molecule has 4 nitrogen and oxygen atoms in total. The van der Waals surface area contributed by atoms with Crippen molar-refractivity contribution in [2.24, 2.45) is 10.8 Å². The summed E-state index contributed by atoms with van der Waals surface area (Å²) in [5.74, 6) is 1.06. The van der Waals surface area contributed by atoms with Crippen LogP contribution in [0.15, 0.2) is 48.7 Å². The fourth-order valence-corrected chi connectivity index (χ4v) is 6.82. The van der Waals surface area contributed by atoms with Crippen molar-refractivity contribution in [3.63, 3.8) is 0 Å². The minimum absolute atomic E-state index is 0.154. The van der Waals surface area contributed by atoms with E-state index in [0.717, 1.165) is 44.0 Å². The van der Waals surface area contributed by atoms with Crippen LogP contribution in [-0.4, -0.2) is 47.2 Å². The number of nitrogens with zero attached hydrogens (tertiary/aromatic N) is 3. The van der Waals surface area contributed by atoms with Crippen LogP contribution in [0.5, 0.6) is 0 Å². The van der Waals surface area contributed by atoms with Gasteiger partial charge in [0.05, 0.1) is 0 Å². The fourth-order valence-electron chi connectivity index (χ4n) is 6.82. The molecule has 1 aromatic heterocycles. The summed E-state index contributed by atoms with van der Waals surface area (Å²) in [6.07, 6.45) is 2.97. The molecule has 2 aromatic rings. The van der Waals surface area contributed by atoms with Crippen molar-refractivity contribution in [1.82, 2.24) is 9.88 Å². The Morgan fingerprint density at radius 3 is 2.03 bits per heavy atom. The van der Waals surface area contributed by atoms with Crippen LogP contribution in [0.3, 0.4) is 0 Å². The lowest BCUT2D eigenvalue weighted by atomic mass is 9.39. The first-order valence-corrected chi connectivity index (χ1v) is 12.2. The van der Waals surface area contributed by atoms with Gasteiger partial charge in [-0.2, -0.15) is 0 Å². The predicted molar refractivity (Wildman–Crippen MR) is 133 cm³/mol. The molecule has 1 aliphatic heterocycles. The Morgan fingerprint density at radius 2 is 1.53 bits per heavy atom. The molecule has 32 heavy (non-hydrogen) atoms. The molecule has 4 rings (SSSR count). The van der Waals surface area contributed by atoms with Gasteiger partial charge < -0.3 is 10.0 Å². The predicted octanol–water partition coefficient (Wildman–Crippen LogP) is 5.21. The summed E-state index contributed by atoms with van der Waals surface area (Å²) in [4.78, 5) is 9.49. The zero-order chi connectivity index (χ0) is 23.4. The van der Waals surface area contributed by atoms with Gasteiger partial charge in [0, 0.05) is 49.2 Å². The number of benzene rings is 1. The monoisotopic (exact) mass is 435 g/mol. The Bertz CT molecular complexity index is 909. The Kier molecular flexibility index (Phi) is 5.70. The van der Waals surface area contributed by atoms with E-state index >= 15 is 0 Å². The third-order valence-electron chi connectivity index (χ3n) is 8.85. The average molecular weight is 436 g/mol. The van der Waals surface area contributed by atoms with E-state index < -0.39 is 5.60 Å². The van der Waals surface area contributed by atoms with Gasteiger partial charge in [-0.05, 0) is 35.1 Å². The van der Waals surface area contributed by atoms with Crippen molar-refractivity contribution >= 4 is 5.82 Å². The van der Waals surface area contributed by atoms with E-state index in [1.54, 1.807) is 0 Å². The molecule has 2 fully saturated rings. The molecule has 1 saturated heterocycles. The topological polar surface area (TPSA) is 39.6 Å². The van der Waals surface area contributed by atoms with E-state index in [-0.39, 0.29) is 16.2 Å². The fraction of sp³-hybridized carbons (Fsp3) is 0.607. The summed E-state index contributed by atoms with van der Waals surface area (Å²) in [6.45, 7) is 19.7. The van der Waals surface area contributed by atoms with Gasteiger partial charge in [-0.1, -0.05) is 78.8 Å². The van der Waals surface area contributed by atoms with E-state index in [0.29, 0.717) is 6.04 Å². The standard InChI is InChI=1S/C28H41N3O/c1-8-25(2,3)21-12-14-22(15-13-21)28(32)26(4,5)24(27(28,6)7)31-19-17-30(18-20-31)23-11-9-10-16-29-23/h9-16,24,32H,8,17-20H2,1-7H3/t24-,28+. The molecule has 1 saturated carbocycles. The molecule has 1 N–H and O–H groups in total. The second-order valence-electron chi connectivity index (χ2n) is 11.6. The summed E-state index contributed by atoms with van der Waals surface area (Å²) in [6, 6.07) is 15.2. The zero-order valence-corrected chi connectivity index (χ0v) is 21.0. The Balaban J connectivity index is 1.54. The minimum atomic E-state index is -0.863. The summed E-state index contributed by atoms with van der Waals surface area (Å²) in [7, 11) is 0. The maximum atomic E-state index is 12.2. The van der Waals surface area contributed by atoms with Gasteiger partial charge in [-0.15, -0.1) is 0 Å². The van der Waals surface area contributed by atoms with Crippen molar-refractivity contribution in [2.45, 2.75) is 71.9 Å². The number of anilines is 1. The van der Waals surface area contributed by atoms with Crippen LogP contribution in [0.4, 0.5) is 5.82 Å². The van der Waals surface area contributed by atoms with E-state index in [1.165, 1.54) is 5.56 Å². The Morgan fingerprint density at radius 1 is 0.938 bits per heavy atom. The van der Waals surface area contributed by atoms with E-state index in [1.807, 2.05) is 12.3 Å². The van der Waals surface area contributed by atoms with Crippen LogP contribution in [0.1, 0.15) is 66.0 Å². The number of rotatable bonds is 5. The third-order valence-corrected chi connectivity index (χ3v) is 8.85. The molecular formula is C28H41N3O. The molecule has 0 amide bonds. The lowest BCUT2D eigenvalue weighted by Gasteiger charge is -2.72. The van der Waals surface area contributed by atoms with Gasteiger partial charge in [0.15, 0.2) is 0 Å². The number of hydrogen-bond acceptors (Lipinski definition) is 4. The molecule has 4 heteroatoms. The molecule has 2 heterocycles. The van der Waals surface area contributed by atoms with Crippen molar-refractivity contribution in [3.8, 4) is 0 Å². The number of pyridine rings is 1. The second-order valence-corrected chi connectivity index (χ2v) is 11.6. The summed E-state index contributed by atoms with van der Waals surface area (Å²) in [5.41, 5.74) is 1.19. The number of aliphatic hydroxyl groups is 1. The maximum absolute atomic E-state index is 12.2. The molecule has 0 unspecified atom stereocenters. The van der Waals surface area contributed by atoms with Gasteiger partial charge >= 0.3 is 0 Å². The first-order valence-electron chi connectivity index (χ1n) is 12.2. The number of hydrogen-bond donors (Lipinski definition) is 1. The van der Waals surface area contributed by atoms with Gasteiger partial charge in [0.25, 0.3) is 0 Å². The van der Waals surface area contributed by atoms with Crippen LogP contribution < -0.4 is 4.90 Å². The van der Waals surface area contributed by atoms with Crippen molar-refractivity contribution in [3.05, 3.63) is 59.8 Å². The lowest BCUT2D eigenvalue weighted by molar-refractivity contribution is -0.307. The molecule has 1 aliphatic carbocycles. The van der Waals surface area contributed by atoms with Gasteiger partial charge in [-0.25, -0.2) is 4.98 Å². The largest absolute Gasteiger partial charge is 0.384 e. The van der Waals surface area contributed by atoms with Gasteiger partial charge in [0.1, 0.15) is 11.4 Å². The Labute approximate surface area is 194 Å². The summed E-state index contributed by atoms with van der Waals surface area (Å²) < 4.78 is 0. The molecule has 0 atom stereocenters. The van der Waals surface area contributed by atoms with Gasteiger partial charge in [0.2, 0.25) is 0 Å². The highest BCUT2D eigenvalue weighted by molar-refractivity contribution is 5.41. The first kappa shape index (κ1) is 23.3. The second kappa shape index (κ2) is 7.85. The van der Waals surface area contributed by atoms with Crippen molar-refractivity contribution in [2.75, 3.05) is 31.1 Å². The molecule has 1 aromatic carbocycles. The van der Waals surface area contributed by atoms with Crippen molar-refractivity contribution < 1.29 is 5.11 Å².